The number of nitrogens with one attached hydrogen (secondary N) is 1. The van der Waals surface area contributed by atoms with Crippen molar-refractivity contribution in [2.24, 2.45) is 0 Å². The molecule has 3 nitrogen and oxygen atoms in total. The second kappa shape index (κ2) is 7.16. The second-order valence-corrected chi connectivity index (χ2v) is 6.63. The molecule has 1 saturated carbocycles. The van der Waals surface area contributed by atoms with E-state index in [1.807, 2.05) is 18.2 Å². The molecule has 4 heteroatoms. The van der Waals surface area contributed by atoms with Crippen LogP contribution in [0.2, 0.25) is 0 Å². The molecule has 2 aromatic rings. The maximum absolute atomic E-state index is 10.1. The molecular weight excluding hydrogens is 280 g/mol. The van der Waals surface area contributed by atoms with E-state index in [0.29, 0.717) is 0 Å². The van der Waals surface area contributed by atoms with Crippen molar-refractivity contribution in [1.29, 1.82) is 0 Å². The van der Waals surface area contributed by atoms with Crippen LogP contribution in [0.3, 0.4) is 0 Å². The molecule has 2 N–H and O–H groups in total. The lowest BCUT2D eigenvalue weighted by molar-refractivity contribution is 0.119. The number of hydrogen-bond donors (Lipinski definition) is 2. The zero-order valence-corrected chi connectivity index (χ0v) is 13.0. The summed E-state index contributed by atoms with van der Waals surface area (Å²) in [6.45, 7) is 0.749. The topological polar surface area (TPSA) is 45.1 Å². The molecule has 3 rings (SSSR count). The van der Waals surface area contributed by atoms with Crippen LogP contribution in [0.4, 0.5) is 0 Å². The summed E-state index contributed by atoms with van der Waals surface area (Å²) in [7, 11) is 0. The highest BCUT2D eigenvalue weighted by Gasteiger charge is 2.21. The summed E-state index contributed by atoms with van der Waals surface area (Å²) in [6.07, 6.45) is 5.38. The molecule has 1 aromatic heterocycles. The van der Waals surface area contributed by atoms with E-state index in [4.69, 9.17) is 0 Å². The minimum absolute atomic E-state index is 0.207. The Balaban J connectivity index is 1.60. The van der Waals surface area contributed by atoms with E-state index in [9.17, 15) is 5.11 Å². The summed E-state index contributed by atoms with van der Waals surface area (Å²) in [5.74, 6) is 0. The lowest BCUT2D eigenvalue weighted by Crippen LogP contribution is -2.38. The first-order valence-electron chi connectivity index (χ1n) is 7.74. The Morgan fingerprint density at radius 2 is 1.95 bits per heavy atom. The summed E-state index contributed by atoms with van der Waals surface area (Å²) < 4.78 is 0. The predicted octanol–water partition coefficient (Wildman–Crippen LogP) is 3.59. The first kappa shape index (κ1) is 14.7. The fourth-order valence-corrected chi connectivity index (χ4v) is 3.63. The third kappa shape index (κ3) is 3.90. The Bertz CT molecular complexity index is 555. The van der Waals surface area contributed by atoms with Gasteiger partial charge in [0.15, 0.2) is 0 Å². The van der Waals surface area contributed by atoms with Gasteiger partial charge in [0.25, 0.3) is 0 Å². The van der Waals surface area contributed by atoms with E-state index in [1.165, 1.54) is 12.8 Å². The van der Waals surface area contributed by atoms with Crippen LogP contribution in [0.1, 0.15) is 37.1 Å². The molecule has 0 aliphatic heterocycles. The quantitative estimate of drug-likeness (QED) is 0.848. The highest BCUT2D eigenvalue weighted by molar-refractivity contribution is 7.09. The first-order valence-corrected chi connectivity index (χ1v) is 8.62. The van der Waals surface area contributed by atoms with Gasteiger partial charge >= 0.3 is 0 Å². The van der Waals surface area contributed by atoms with Crippen molar-refractivity contribution in [1.82, 2.24) is 10.3 Å². The number of rotatable bonds is 4. The molecule has 1 fully saturated rings. The fraction of sp³-hybridized carbons (Fsp3) is 0.471. The highest BCUT2D eigenvalue weighted by atomic mass is 32.1. The molecule has 1 aliphatic carbocycles. The average molecular weight is 302 g/mol. The van der Waals surface area contributed by atoms with Gasteiger partial charge in [-0.3, -0.25) is 0 Å². The lowest BCUT2D eigenvalue weighted by atomic mass is 10.1. The van der Waals surface area contributed by atoms with Crippen molar-refractivity contribution in [3.63, 3.8) is 0 Å². The van der Waals surface area contributed by atoms with E-state index >= 15 is 0 Å². The number of hydrogen-bond acceptors (Lipinski definition) is 4. The standard InChI is InChI=1S/C17H22N2OS/c20-16-10-6-2-5-9-14(16)18-11-17-19-15(12-21-17)13-7-3-1-4-8-13/h1,3-4,7-8,12,14,16,18,20H,2,5-6,9-11H2. The normalized spacial score (nSPS) is 22.9. The highest BCUT2D eigenvalue weighted by Crippen LogP contribution is 2.22. The van der Waals surface area contributed by atoms with Gasteiger partial charge in [0, 0.05) is 23.5 Å². The van der Waals surface area contributed by atoms with Gasteiger partial charge in [-0.05, 0) is 12.8 Å². The minimum Gasteiger partial charge on any atom is -0.392 e. The van der Waals surface area contributed by atoms with Gasteiger partial charge in [0.2, 0.25) is 0 Å². The van der Waals surface area contributed by atoms with Crippen LogP contribution in [-0.2, 0) is 6.54 Å². The number of thiazole rings is 1. The Labute approximate surface area is 130 Å². The number of aliphatic hydroxyl groups excluding tert-OH is 1. The zero-order valence-electron chi connectivity index (χ0n) is 12.2. The van der Waals surface area contributed by atoms with Crippen molar-refractivity contribution in [3.8, 4) is 11.3 Å². The summed E-state index contributed by atoms with van der Waals surface area (Å²) in [4.78, 5) is 4.69. The molecule has 0 radical (unpaired) electrons. The third-order valence-corrected chi connectivity index (χ3v) is 4.97. The van der Waals surface area contributed by atoms with Gasteiger partial charge in [0.05, 0.1) is 11.8 Å². The van der Waals surface area contributed by atoms with Crippen molar-refractivity contribution in [3.05, 3.63) is 40.7 Å². The molecule has 1 aliphatic rings. The Hall–Kier alpha value is -1.23. The zero-order chi connectivity index (χ0) is 14.5. The van der Waals surface area contributed by atoms with Gasteiger partial charge in [-0.15, -0.1) is 11.3 Å². The Kier molecular flexibility index (Phi) is 5.01. The fourth-order valence-electron chi connectivity index (χ4n) is 2.88. The summed E-state index contributed by atoms with van der Waals surface area (Å²) in [5.41, 5.74) is 2.20. The summed E-state index contributed by atoms with van der Waals surface area (Å²) >= 11 is 1.68. The van der Waals surface area contributed by atoms with Gasteiger partial charge in [-0.25, -0.2) is 4.98 Å². The van der Waals surface area contributed by atoms with Gasteiger partial charge in [0.1, 0.15) is 5.01 Å². The monoisotopic (exact) mass is 302 g/mol. The lowest BCUT2D eigenvalue weighted by Gasteiger charge is -2.21. The van der Waals surface area contributed by atoms with Crippen LogP contribution in [0.25, 0.3) is 11.3 Å². The SMILES string of the molecule is OC1CCCCCC1NCc1nc(-c2ccccc2)cs1. The van der Waals surface area contributed by atoms with Crippen LogP contribution in [0, 0.1) is 0 Å². The van der Waals surface area contributed by atoms with E-state index in [1.54, 1.807) is 11.3 Å². The van der Waals surface area contributed by atoms with E-state index < -0.39 is 0 Å². The maximum atomic E-state index is 10.1. The molecule has 2 unspecified atom stereocenters. The molecule has 1 heterocycles. The Morgan fingerprint density at radius 3 is 2.81 bits per heavy atom. The number of nitrogens with zero attached hydrogens (tertiary/aromatic N) is 1. The van der Waals surface area contributed by atoms with Crippen LogP contribution in [0.5, 0.6) is 0 Å². The first-order chi connectivity index (χ1) is 10.3. The molecule has 0 saturated heterocycles. The molecule has 112 valence electrons. The summed E-state index contributed by atoms with van der Waals surface area (Å²) in [5, 5.41) is 16.8. The van der Waals surface area contributed by atoms with Crippen molar-refractivity contribution < 1.29 is 5.11 Å². The molecule has 0 bridgehead atoms. The average Bonchev–Trinajstić information content (AvgIpc) is 2.90. The van der Waals surface area contributed by atoms with Crippen LogP contribution in [0.15, 0.2) is 35.7 Å². The molecule has 21 heavy (non-hydrogen) atoms. The Morgan fingerprint density at radius 1 is 1.14 bits per heavy atom. The maximum Gasteiger partial charge on any atom is 0.107 e. The van der Waals surface area contributed by atoms with E-state index in [-0.39, 0.29) is 12.1 Å². The predicted molar refractivity (Wildman–Crippen MR) is 87.3 cm³/mol. The molecule has 1 aromatic carbocycles. The molecule has 0 amide bonds. The molecule has 2 atom stereocenters. The van der Waals surface area contributed by atoms with E-state index in [0.717, 1.165) is 42.1 Å². The smallest absolute Gasteiger partial charge is 0.107 e. The minimum atomic E-state index is -0.207. The molecule has 0 spiro atoms. The van der Waals surface area contributed by atoms with Crippen LogP contribution >= 0.6 is 11.3 Å². The second-order valence-electron chi connectivity index (χ2n) is 5.69. The van der Waals surface area contributed by atoms with Gasteiger partial charge in [-0.1, -0.05) is 49.6 Å². The van der Waals surface area contributed by atoms with Crippen molar-refractivity contribution in [2.75, 3.05) is 0 Å². The number of aliphatic hydroxyl groups is 1. The number of benzene rings is 1. The largest absolute Gasteiger partial charge is 0.392 e. The number of aromatic nitrogens is 1. The van der Waals surface area contributed by atoms with Crippen molar-refractivity contribution in [2.45, 2.75) is 50.8 Å². The summed E-state index contributed by atoms with van der Waals surface area (Å²) in [6, 6.07) is 10.5. The third-order valence-electron chi connectivity index (χ3n) is 4.12. The van der Waals surface area contributed by atoms with Crippen LogP contribution in [-0.4, -0.2) is 22.2 Å². The van der Waals surface area contributed by atoms with Gasteiger partial charge in [-0.2, -0.15) is 0 Å². The van der Waals surface area contributed by atoms with E-state index in [2.05, 4.69) is 27.8 Å². The molecular formula is C17H22N2OS. The van der Waals surface area contributed by atoms with Crippen molar-refractivity contribution >= 4 is 11.3 Å². The van der Waals surface area contributed by atoms with Gasteiger partial charge < -0.3 is 10.4 Å². The van der Waals surface area contributed by atoms with Crippen LogP contribution < -0.4 is 5.32 Å².